The summed E-state index contributed by atoms with van der Waals surface area (Å²) in [5, 5.41) is 1.26. The fourth-order valence-corrected chi connectivity index (χ4v) is 5.94. The lowest BCUT2D eigenvalue weighted by Crippen LogP contribution is -2.20. The van der Waals surface area contributed by atoms with Crippen molar-refractivity contribution in [2.45, 2.75) is 24.2 Å². The molecule has 0 radical (unpaired) electrons. The van der Waals surface area contributed by atoms with Gasteiger partial charge in [0.2, 0.25) is 0 Å². The quantitative estimate of drug-likeness (QED) is 0.225. The van der Waals surface area contributed by atoms with Crippen molar-refractivity contribution in [1.29, 1.82) is 0 Å². The average molecular weight is 503 g/mol. The third-order valence-corrected chi connectivity index (χ3v) is 8.26. The van der Waals surface area contributed by atoms with Gasteiger partial charge in [0, 0.05) is 52.8 Å². The van der Waals surface area contributed by atoms with Crippen LogP contribution in [0.25, 0.3) is 44.6 Å². The van der Waals surface area contributed by atoms with Gasteiger partial charge in [0.1, 0.15) is 5.82 Å². The van der Waals surface area contributed by atoms with Gasteiger partial charge in [0.05, 0.1) is 16.7 Å². The summed E-state index contributed by atoms with van der Waals surface area (Å²) in [5.74, 6) is 0.981. The normalized spacial score (nSPS) is 12.0. The predicted molar refractivity (Wildman–Crippen MR) is 156 cm³/mol. The van der Waals surface area contributed by atoms with Crippen molar-refractivity contribution in [3.8, 4) is 22.6 Å². The number of rotatable bonds is 5. The van der Waals surface area contributed by atoms with Gasteiger partial charge in [0.15, 0.2) is 0 Å². The molecule has 0 bridgehead atoms. The molecule has 0 saturated carbocycles. The standard InChI is InChI=1S/C32H30N4S/c1-32(2,30-15-8-9-16-33-30)25-11-10-14-27-24(25)20-29(35(27)3)21-17-22(19-23(18-21)37-5)31-34-26-12-6-7-13-28(26)36(31)4/h6-20H,1-5H3. The molecule has 6 aromatic rings. The molecule has 5 heteroatoms. The highest BCUT2D eigenvalue weighted by Crippen LogP contribution is 2.39. The highest BCUT2D eigenvalue weighted by molar-refractivity contribution is 7.98. The number of hydrogen-bond acceptors (Lipinski definition) is 3. The lowest BCUT2D eigenvalue weighted by atomic mass is 9.79. The first-order chi connectivity index (χ1) is 17.9. The molecule has 0 spiro atoms. The van der Waals surface area contributed by atoms with E-state index in [2.05, 4.69) is 116 Å². The Kier molecular flexibility index (Phi) is 5.68. The molecule has 184 valence electrons. The second-order valence-electron chi connectivity index (χ2n) is 10.1. The molecule has 0 amide bonds. The van der Waals surface area contributed by atoms with E-state index in [1.54, 1.807) is 11.8 Å². The summed E-state index contributed by atoms with van der Waals surface area (Å²) in [4.78, 5) is 10.9. The Bertz CT molecular complexity index is 1760. The van der Waals surface area contributed by atoms with Gasteiger partial charge in [-0.15, -0.1) is 11.8 Å². The van der Waals surface area contributed by atoms with Crippen LogP contribution in [0.3, 0.4) is 0 Å². The minimum absolute atomic E-state index is 0.223. The number of nitrogens with zero attached hydrogens (tertiary/aromatic N) is 4. The van der Waals surface area contributed by atoms with Crippen molar-refractivity contribution in [3.63, 3.8) is 0 Å². The van der Waals surface area contributed by atoms with Crippen LogP contribution < -0.4 is 0 Å². The molecular formula is C32H30N4S. The maximum atomic E-state index is 4.98. The Morgan fingerprint density at radius 1 is 0.757 bits per heavy atom. The Hall–Kier alpha value is -3.83. The maximum absolute atomic E-state index is 4.98. The largest absolute Gasteiger partial charge is 0.344 e. The fraction of sp³-hybridized carbons (Fsp3) is 0.188. The Balaban J connectivity index is 1.54. The van der Waals surface area contributed by atoms with Crippen LogP contribution in [0.1, 0.15) is 25.1 Å². The van der Waals surface area contributed by atoms with E-state index in [1.165, 1.54) is 32.6 Å². The van der Waals surface area contributed by atoms with Gasteiger partial charge in [-0.25, -0.2) is 4.98 Å². The lowest BCUT2D eigenvalue weighted by molar-refractivity contribution is 0.622. The van der Waals surface area contributed by atoms with Crippen LogP contribution >= 0.6 is 11.8 Å². The number of pyridine rings is 1. The SMILES string of the molecule is CSc1cc(-c2nc3ccccc3n2C)cc(-c2cc3c(C(C)(C)c4ccccn4)cccc3n2C)c1. The molecule has 6 rings (SSSR count). The first-order valence-corrected chi connectivity index (χ1v) is 13.7. The third kappa shape index (κ3) is 3.85. The van der Waals surface area contributed by atoms with Crippen molar-refractivity contribution >= 4 is 33.7 Å². The van der Waals surface area contributed by atoms with E-state index in [9.17, 15) is 0 Å². The monoisotopic (exact) mass is 502 g/mol. The lowest BCUT2D eigenvalue weighted by Gasteiger charge is -2.25. The van der Waals surface area contributed by atoms with Gasteiger partial charge in [-0.05, 0) is 72.0 Å². The maximum Gasteiger partial charge on any atom is 0.140 e. The zero-order valence-corrected chi connectivity index (χ0v) is 22.7. The minimum Gasteiger partial charge on any atom is -0.344 e. The van der Waals surface area contributed by atoms with Crippen LogP contribution in [0.5, 0.6) is 0 Å². The van der Waals surface area contributed by atoms with E-state index in [1.807, 2.05) is 18.3 Å². The molecule has 0 saturated heterocycles. The number of aryl methyl sites for hydroxylation is 2. The summed E-state index contributed by atoms with van der Waals surface area (Å²) in [5.41, 5.74) is 9.00. The second kappa shape index (κ2) is 8.93. The molecular weight excluding hydrogens is 472 g/mol. The van der Waals surface area contributed by atoms with E-state index < -0.39 is 0 Å². The summed E-state index contributed by atoms with van der Waals surface area (Å²) < 4.78 is 4.50. The highest BCUT2D eigenvalue weighted by Gasteiger charge is 2.27. The van der Waals surface area contributed by atoms with Crippen LogP contribution in [-0.4, -0.2) is 25.4 Å². The van der Waals surface area contributed by atoms with Crippen molar-refractivity contribution in [2.75, 3.05) is 6.26 Å². The molecule has 3 heterocycles. The van der Waals surface area contributed by atoms with Gasteiger partial charge in [-0.1, -0.05) is 44.2 Å². The first kappa shape index (κ1) is 23.6. The minimum atomic E-state index is -0.223. The molecule has 0 N–H and O–H groups in total. The molecule has 0 fully saturated rings. The van der Waals surface area contributed by atoms with Gasteiger partial charge in [-0.3, -0.25) is 4.98 Å². The number of fused-ring (bicyclic) bond motifs is 2. The number of benzene rings is 3. The van der Waals surface area contributed by atoms with Crippen molar-refractivity contribution in [2.24, 2.45) is 14.1 Å². The van der Waals surface area contributed by atoms with Gasteiger partial charge >= 0.3 is 0 Å². The molecule has 3 aromatic heterocycles. The van der Waals surface area contributed by atoms with Crippen LogP contribution in [0.2, 0.25) is 0 Å². The van der Waals surface area contributed by atoms with Crippen LogP contribution in [0, 0.1) is 0 Å². The molecule has 0 aliphatic carbocycles. The molecule has 0 atom stereocenters. The highest BCUT2D eigenvalue weighted by atomic mass is 32.2. The van der Waals surface area contributed by atoms with E-state index in [4.69, 9.17) is 9.97 Å². The van der Waals surface area contributed by atoms with Gasteiger partial charge in [0.25, 0.3) is 0 Å². The number of thioether (sulfide) groups is 1. The molecule has 37 heavy (non-hydrogen) atoms. The fourth-order valence-electron chi connectivity index (χ4n) is 5.45. The summed E-state index contributed by atoms with van der Waals surface area (Å²) in [6.45, 7) is 4.52. The van der Waals surface area contributed by atoms with Crippen molar-refractivity contribution in [3.05, 3.63) is 102 Å². The zero-order valence-electron chi connectivity index (χ0n) is 21.9. The molecule has 0 aliphatic heterocycles. The molecule has 0 aliphatic rings. The summed E-state index contributed by atoms with van der Waals surface area (Å²) in [6, 6.07) is 30.2. The van der Waals surface area contributed by atoms with E-state index >= 15 is 0 Å². The number of hydrogen-bond donors (Lipinski definition) is 0. The van der Waals surface area contributed by atoms with E-state index in [0.717, 1.165) is 28.1 Å². The number of aromatic nitrogens is 4. The first-order valence-electron chi connectivity index (χ1n) is 12.5. The summed E-state index contributed by atoms with van der Waals surface area (Å²) in [6.07, 6.45) is 4.01. The number of imidazole rings is 1. The summed E-state index contributed by atoms with van der Waals surface area (Å²) in [7, 11) is 4.26. The van der Waals surface area contributed by atoms with E-state index in [-0.39, 0.29) is 5.41 Å². The Morgan fingerprint density at radius 3 is 2.27 bits per heavy atom. The second-order valence-corrected chi connectivity index (χ2v) is 11.0. The van der Waals surface area contributed by atoms with Crippen LogP contribution in [0.4, 0.5) is 0 Å². The topological polar surface area (TPSA) is 35.6 Å². The van der Waals surface area contributed by atoms with E-state index in [0.29, 0.717) is 0 Å². The predicted octanol–water partition coefficient (Wildman–Crippen LogP) is 7.84. The van der Waals surface area contributed by atoms with Crippen molar-refractivity contribution < 1.29 is 0 Å². The Morgan fingerprint density at radius 2 is 1.51 bits per heavy atom. The molecule has 3 aromatic carbocycles. The molecule has 4 nitrogen and oxygen atoms in total. The van der Waals surface area contributed by atoms with Crippen LogP contribution in [-0.2, 0) is 19.5 Å². The van der Waals surface area contributed by atoms with Crippen LogP contribution in [0.15, 0.2) is 96.0 Å². The molecule has 0 unspecified atom stereocenters. The smallest absolute Gasteiger partial charge is 0.140 e. The van der Waals surface area contributed by atoms with Crippen molar-refractivity contribution in [1.82, 2.24) is 19.1 Å². The number of para-hydroxylation sites is 2. The Labute approximate surface area is 222 Å². The average Bonchev–Trinajstić information content (AvgIpc) is 3.45. The third-order valence-electron chi connectivity index (χ3n) is 7.55. The van der Waals surface area contributed by atoms with Gasteiger partial charge in [-0.2, -0.15) is 0 Å². The van der Waals surface area contributed by atoms with Gasteiger partial charge < -0.3 is 9.13 Å². The zero-order chi connectivity index (χ0) is 25.7. The summed E-state index contributed by atoms with van der Waals surface area (Å²) >= 11 is 1.76.